The first-order valence-electron chi connectivity index (χ1n) is 10.0. The first-order valence-corrected chi connectivity index (χ1v) is 10.0. The predicted molar refractivity (Wildman–Crippen MR) is 108 cm³/mol. The molecule has 2 aromatic rings. The van der Waals surface area contributed by atoms with Gasteiger partial charge >= 0.3 is 0 Å². The summed E-state index contributed by atoms with van der Waals surface area (Å²) in [6.45, 7) is 5.53. The Morgan fingerprint density at radius 3 is 2.24 bits per heavy atom. The van der Waals surface area contributed by atoms with Gasteiger partial charge in [0, 0.05) is 5.69 Å². The largest absolute Gasteiger partial charge is 0.494 e. The quantitative estimate of drug-likeness (QED) is 0.771. The Balaban J connectivity index is 1.40. The maximum absolute atomic E-state index is 13.1. The van der Waals surface area contributed by atoms with Crippen LogP contribution in [0.4, 0.5) is 15.8 Å². The van der Waals surface area contributed by atoms with Crippen LogP contribution in [-0.4, -0.2) is 50.6 Å². The number of imide groups is 1. The van der Waals surface area contributed by atoms with Crippen LogP contribution in [-0.2, 0) is 9.59 Å². The number of hydrogen-bond donors (Lipinski definition) is 1. The minimum absolute atomic E-state index is 0.135. The molecule has 2 saturated heterocycles. The van der Waals surface area contributed by atoms with Crippen LogP contribution in [0.25, 0.3) is 0 Å². The Bertz CT molecular complexity index is 877. The molecule has 2 amide bonds. The minimum Gasteiger partial charge on any atom is -0.494 e. The summed E-state index contributed by atoms with van der Waals surface area (Å²) in [6, 6.07) is 13.2. The molecule has 7 heteroatoms. The van der Waals surface area contributed by atoms with Gasteiger partial charge in [0.2, 0.25) is 5.91 Å². The van der Waals surface area contributed by atoms with E-state index in [1.165, 1.54) is 17.0 Å². The average molecular weight is 398 g/mol. The molecular weight excluding hydrogens is 373 g/mol. The molecule has 152 valence electrons. The third kappa shape index (κ3) is 3.96. The summed E-state index contributed by atoms with van der Waals surface area (Å²) in [5.74, 6) is 0.180. The van der Waals surface area contributed by atoms with Gasteiger partial charge in [0.1, 0.15) is 11.6 Å². The normalized spacial score (nSPS) is 20.4. The molecule has 4 rings (SSSR count). The molecule has 6 nitrogen and oxygen atoms in total. The monoisotopic (exact) mass is 398 g/mol. The maximum atomic E-state index is 13.1. The lowest BCUT2D eigenvalue weighted by Crippen LogP contribution is -3.19. The SMILES string of the molecule is CCOc1ccc(N2C(=O)C[C@@H]([NH+]3CCN(c4ccc(F)cc4)CC3)C2=O)cc1. The third-order valence-electron chi connectivity index (χ3n) is 5.64. The van der Waals surface area contributed by atoms with Crippen LogP contribution in [0.1, 0.15) is 13.3 Å². The number of nitrogens with one attached hydrogen (secondary N) is 1. The standard InChI is InChI=1S/C22H24FN3O3/c1-2-29-19-9-7-18(8-10-19)26-21(27)15-20(22(26)28)25-13-11-24(12-14-25)17-5-3-16(23)4-6-17/h3-10,20H,2,11-15H2,1H3/p+1/t20-/m1/s1. The lowest BCUT2D eigenvalue weighted by atomic mass is 10.1. The maximum Gasteiger partial charge on any atom is 0.292 e. The van der Waals surface area contributed by atoms with Crippen LogP contribution >= 0.6 is 0 Å². The molecule has 2 aromatic carbocycles. The van der Waals surface area contributed by atoms with Crippen LogP contribution in [0, 0.1) is 5.82 Å². The highest BCUT2D eigenvalue weighted by Gasteiger charge is 2.46. The molecule has 2 aliphatic rings. The predicted octanol–water partition coefficient (Wildman–Crippen LogP) is 1.26. The Morgan fingerprint density at radius 2 is 1.62 bits per heavy atom. The van der Waals surface area contributed by atoms with Crippen molar-refractivity contribution >= 4 is 23.2 Å². The molecule has 0 aromatic heterocycles. The molecule has 1 N–H and O–H groups in total. The van der Waals surface area contributed by atoms with Crippen molar-refractivity contribution in [2.24, 2.45) is 0 Å². The van der Waals surface area contributed by atoms with E-state index in [-0.39, 0.29) is 30.1 Å². The van der Waals surface area contributed by atoms with E-state index in [1.807, 2.05) is 6.92 Å². The second-order valence-corrected chi connectivity index (χ2v) is 7.37. The number of quaternary nitrogens is 1. The second-order valence-electron chi connectivity index (χ2n) is 7.37. The Hall–Kier alpha value is -2.93. The number of halogens is 1. The Kier molecular flexibility index (Phi) is 5.49. The summed E-state index contributed by atoms with van der Waals surface area (Å²) in [5.41, 5.74) is 1.57. The van der Waals surface area contributed by atoms with Crippen molar-refractivity contribution in [1.82, 2.24) is 0 Å². The van der Waals surface area contributed by atoms with Gasteiger partial charge in [0.25, 0.3) is 5.91 Å². The molecule has 0 radical (unpaired) electrons. The number of nitrogens with zero attached hydrogens (tertiary/aromatic N) is 2. The summed E-state index contributed by atoms with van der Waals surface area (Å²) >= 11 is 0. The van der Waals surface area contributed by atoms with Crippen molar-refractivity contribution in [3.8, 4) is 5.75 Å². The number of carbonyl (C=O) groups excluding carboxylic acids is 2. The van der Waals surface area contributed by atoms with Gasteiger partial charge in [-0.15, -0.1) is 0 Å². The zero-order valence-electron chi connectivity index (χ0n) is 16.4. The summed E-state index contributed by atoms with van der Waals surface area (Å²) in [5, 5.41) is 0. The second kappa shape index (κ2) is 8.21. The van der Waals surface area contributed by atoms with Crippen molar-refractivity contribution in [1.29, 1.82) is 0 Å². The fourth-order valence-electron chi connectivity index (χ4n) is 4.13. The van der Waals surface area contributed by atoms with Gasteiger partial charge in [0.05, 0.1) is 44.9 Å². The van der Waals surface area contributed by atoms with Gasteiger partial charge in [-0.2, -0.15) is 0 Å². The smallest absolute Gasteiger partial charge is 0.292 e. The molecule has 2 fully saturated rings. The van der Waals surface area contributed by atoms with E-state index >= 15 is 0 Å². The number of ether oxygens (including phenoxy) is 1. The van der Waals surface area contributed by atoms with Gasteiger partial charge in [-0.3, -0.25) is 9.59 Å². The summed E-state index contributed by atoms with van der Waals surface area (Å²) in [4.78, 5) is 30.2. The van der Waals surface area contributed by atoms with Crippen LogP contribution in [0.15, 0.2) is 48.5 Å². The molecule has 2 aliphatic heterocycles. The van der Waals surface area contributed by atoms with Gasteiger partial charge in [-0.25, -0.2) is 9.29 Å². The third-order valence-corrected chi connectivity index (χ3v) is 5.64. The summed E-state index contributed by atoms with van der Waals surface area (Å²) in [7, 11) is 0. The van der Waals surface area contributed by atoms with Crippen LogP contribution in [0.5, 0.6) is 5.75 Å². The van der Waals surface area contributed by atoms with Crippen LogP contribution in [0.3, 0.4) is 0 Å². The van der Waals surface area contributed by atoms with Crippen LogP contribution < -0.4 is 19.4 Å². The van der Waals surface area contributed by atoms with Gasteiger partial charge in [-0.05, 0) is 55.5 Å². The molecule has 2 heterocycles. The number of carbonyl (C=O) groups is 2. The van der Waals surface area contributed by atoms with Gasteiger partial charge < -0.3 is 14.5 Å². The molecule has 0 spiro atoms. The van der Waals surface area contributed by atoms with Crippen molar-refractivity contribution in [2.75, 3.05) is 42.6 Å². The number of amides is 2. The van der Waals surface area contributed by atoms with Crippen molar-refractivity contribution in [3.05, 3.63) is 54.3 Å². The number of rotatable bonds is 5. The molecule has 0 saturated carbocycles. The van der Waals surface area contributed by atoms with Crippen LogP contribution in [0.2, 0.25) is 0 Å². The molecule has 29 heavy (non-hydrogen) atoms. The highest BCUT2D eigenvalue weighted by molar-refractivity contribution is 6.21. The van der Waals surface area contributed by atoms with E-state index in [0.717, 1.165) is 42.5 Å². The molecule has 0 aliphatic carbocycles. The number of piperazine rings is 1. The Morgan fingerprint density at radius 1 is 1.00 bits per heavy atom. The van der Waals surface area contributed by atoms with Crippen molar-refractivity contribution < 1.29 is 23.6 Å². The van der Waals surface area contributed by atoms with Crippen molar-refractivity contribution in [3.63, 3.8) is 0 Å². The first-order chi connectivity index (χ1) is 14.1. The van der Waals surface area contributed by atoms with E-state index in [1.54, 1.807) is 36.4 Å². The Labute approximate surface area is 169 Å². The average Bonchev–Trinajstić information content (AvgIpc) is 3.04. The fourth-order valence-corrected chi connectivity index (χ4v) is 4.13. The van der Waals surface area contributed by atoms with E-state index in [0.29, 0.717) is 12.3 Å². The summed E-state index contributed by atoms with van der Waals surface area (Å²) in [6.07, 6.45) is 0.234. The molecular formula is C22H25FN3O3+. The minimum atomic E-state index is -0.343. The van der Waals surface area contributed by atoms with E-state index in [9.17, 15) is 14.0 Å². The topological polar surface area (TPSA) is 54.3 Å². The lowest BCUT2D eigenvalue weighted by Gasteiger charge is -2.35. The molecule has 0 unspecified atom stereocenters. The molecule has 1 atom stereocenters. The van der Waals surface area contributed by atoms with E-state index in [4.69, 9.17) is 4.74 Å². The highest BCUT2D eigenvalue weighted by Crippen LogP contribution is 2.25. The highest BCUT2D eigenvalue weighted by atomic mass is 19.1. The zero-order valence-corrected chi connectivity index (χ0v) is 16.4. The number of anilines is 2. The van der Waals surface area contributed by atoms with Gasteiger partial charge in [-0.1, -0.05) is 0 Å². The number of benzene rings is 2. The zero-order chi connectivity index (χ0) is 20.4. The van der Waals surface area contributed by atoms with E-state index < -0.39 is 0 Å². The van der Waals surface area contributed by atoms with E-state index in [2.05, 4.69) is 4.90 Å². The summed E-state index contributed by atoms with van der Waals surface area (Å²) < 4.78 is 18.6. The molecule has 0 bridgehead atoms. The fraction of sp³-hybridized carbons (Fsp3) is 0.364. The van der Waals surface area contributed by atoms with Gasteiger partial charge in [0.15, 0.2) is 6.04 Å². The first kappa shape index (κ1) is 19.4. The number of hydrogen-bond acceptors (Lipinski definition) is 4. The lowest BCUT2D eigenvalue weighted by molar-refractivity contribution is -0.915. The van der Waals surface area contributed by atoms with Crippen molar-refractivity contribution in [2.45, 2.75) is 19.4 Å².